The molecule has 0 fully saturated rings. The maximum atomic E-state index is 11.0. The molecule has 1 amide bonds. The van der Waals surface area contributed by atoms with E-state index in [2.05, 4.69) is 13.8 Å². The van der Waals surface area contributed by atoms with Crippen LogP contribution in [0, 0.1) is 0 Å². The topological polar surface area (TPSA) is 20.3 Å². The fourth-order valence-corrected chi connectivity index (χ4v) is 1.71. The third-order valence-corrected chi connectivity index (χ3v) is 3.36. The first-order valence-corrected chi connectivity index (χ1v) is 6.11. The molecule has 0 unspecified atom stereocenters. The van der Waals surface area contributed by atoms with E-state index >= 15 is 0 Å². The standard InChI is InChI=1S/C11H19NO.W/c1-7-9(2)10(3)12(8-13)11(4,5)6;/h8H,1-6H3;/b10-9-;. The second-order valence-corrected chi connectivity index (χ2v) is 6.61. The summed E-state index contributed by atoms with van der Waals surface area (Å²) in [6.07, 6.45) is 0.914. The van der Waals surface area contributed by atoms with E-state index in [1.165, 1.54) is 28.8 Å². The number of hydrogen-bond acceptors (Lipinski definition) is 1. The van der Waals surface area contributed by atoms with Crippen molar-refractivity contribution in [2.24, 2.45) is 0 Å². The zero-order chi connectivity index (χ0) is 11.5. The summed E-state index contributed by atoms with van der Waals surface area (Å²) in [6, 6.07) is 0. The van der Waals surface area contributed by atoms with Crippen LogP contribution in [0.2, 0.25) is 0 Å². The van der Waals surface area contributed by atoms with Crippen molar-refractivity contribution >= 4 is 10.3 Å². The summed E-state index contributed by atoms with van der Waals surface area (Å²) in [5.41, 5.74) is 2.14. The molecule has 80 valence electrons. The number of allylic oxidation sites excluding steroid dienone is 2. The van der Waals surface area contributed by atoms with Gasteiger partial charge in [-0.25, -0.2) is 0 Å². The van der Waals surface area contributed by atoms with Gasteiger partial charge < -0.3 is 0 Å². The van der Waals surface area contributed by atoms with Gasteiger partial charge in [0.05, 0.1) is 0 Å². The monoisotopic (exact) mass is 365 g/mol. The number of nitrogens with zero attached hydrogens (tertiary/aromatic N) is 1. The zero-order valence-corrected chi connectivity index (χ0v) is 12.8. The van der Waals surface area contributed by atoms with Gasteiger partial charge in [0.2, 0.25) is 0 Å². The van der Waals surface area contributed by atoms with Crippen molar-refractivity contribution in [2.75, 3.05) is 0 Å². The Labute approximate surface area is 97.8 Å². The maximum absolute atomic E-state index is 11.0. The van der Waals surface area contributed by atoms with Crippen molar-refractivity contribution < 1.29 is 24.1 Å². The molecule has 0 spiro atoms. The van der Waals surface area contributed by atoms with Gasteiger partial charge in [0.1, 0.15) is 0 Å². The molecule has 3 heteroatoms. The number of carbonyl (C=O) groups excluding carboxylic acids is 1. The van der Waals surface area contributed by atoms with E-state index in [0.717, 1.165) is 12.1 Å². The van der Waals surface area contributed by atoms with Crippen molar-refractivity contribution in [3.05, 3.63) is 11.3 Å². The number of carbonyl (C=O) groups is 1. The fourth-order valence-electron chi connectivity index (χ4n) is 1.18. The third-order valence-electron chi connectivity index (χ3n) is 2.26. The van der Waals surface area contributed by atoms with Gasteiger partial charge in [-0.3, -0.25) is 0 Å². The predicted molar refractivity (Wildman–Crippen MR) is 56.7 cm³/mol. The molecule has 0 rings (SSSR count). The molecule has 0 bridgehead atoms. The van der Waals surface area contributed by atoms with E-state index in [1.54, 1.807) is 4.90 Å². The number of amides is 1. The van der Waals surface area contributed by atoms with Crippen LogP contribution in [0.5, 0.6) is 0 Å². The molecule has 0 saturated carbocycles. The minimum atomic E-state index is -0.141. The molecule has 0 aliphatic rings. The number of hydrogen-bond donors (Lipinski definition) is 0. The molecule has 14 heavy (non-hydrogen) atoms. The van der Waals surface area contributed by atoms with Crippen LogP contribution in [0.3, 0.4) is 0 Å². The van der Waals surface area contributed by atoms with Crippen molar-refractivity contribution in [1.82, 2.24) is 4.90 Å². The van der Waals surface area contributed by atoms with E-state index < -0.39 is 0 Å². The Bertz CT molecular complexity index is 274. The first-order chi connectivity index (χ1) is 6.21. The van der Waals surface area contributed by atoms with Crippen LogP contribution in [0.15, 0.2) is 11.3 Å². The summed E-state index contributed by atoms with van der Waals surface area (Å²) < 4.78 is 1.33. The molecule has 0 heterocycles. The van der Waals surface area contributed by atoms with Crippen molar-refractivity contribution in [1.29, 1.82) is 0 Å². The van der Waals surface area contributed by atoms with Crippen molar-refractivity contribution in [3.63, 3.8) is 0 Å². The Kier molecular flexibility index (Phi) is 4.94. The average molecular weight is 365 g/mol. The molecule has 0 radical (unpaired) electrons. The molecule has 0 aliphatic carbocycles. The Morgan fingerprint density at radius 1 is 1.21 bits per heavy atom. The first-order valence-electron chi connectivity index (χ1n) is 4.65. The van der Waals surface area contributed by atoms with Gasteiger partial charge in [0.25, 0.3) is 0 Å². The second-order valence-electron chi connectivity index (χ2n) is 4.41. The molecule has 0 aliphatic heterocycles. The Morgan fingerprint density at radius 2 is 1.64 bits per heavy atom. The molecule has 0 aromatic heterocycles. The predicted octanol–water partition coefficient (Wildman–Crippen LogP) is 2.28. The van der Waals surface area contributed by atoms with Gasteiger partial charge in [-0.15, -0.1) is 0 Å². The van der Waals surface area contributed by atoms with Gasteiger partial charge in [0, 0.05) is 0 Å². The van der Waals surface area contributed by atoms with Gasteiger partial charge in [-0.05, 0) is 0 Å². The van der Waals surface area contributed by atoms with Crippen LogP contribution in [0.1, 0.15) is 41.5 Å². The van der Waals surface area contributed by atoms with Crippen LogP contribution in [-0.2, 0) is 24.1 Å². The van der Waals surface area contributed by atoms with Gasteiger partial charge in [0.15, 0.2) is 0 Å². The summed E-state index contributed by atoms with van der Waals surface area (Å²) in [6.45, 7) is 12.3. The molecule has 0 saturated heterocycles. The van der Waals surface area contributed by atoms with E-state index in [1.807, 2.05) is 27.7 Å². The Hall–Kier alpha value is -0.232. The first kappa shape index (κ1) is 13.8. The van der Waals surface area contributed by atoms with Gasteiger partial charge in [-0.1, -0.05) is 0 Å². The summed E-state index contributed by atoms with van der Waals surface area (Å²) in [5.74, 6) is 0. The molecule has 2 nitrogen and oxygen atoms in total. The number of rotatable bonds is 3. The van der Waals surface area contributed by atoms with E-state index in [0.29, 0.717) is 0 Å². The zero-order valence-electron chi connectivity index (χ0n) is 9.84. The molecular formula is C11H19NOW. The Morgan fingerprint density at radius 3 is 1.86 bits per heavy atom. The van der Waals surface area contributed by atoms with Crippen molar-refractivity contribution in [3.8, 4) is 0 Å². The van der Waals surface area contributed by atoms with E-state index in [-0.39, 0.29) is 5.54 Å². The summed E-state index contributed by atoms with van der Waals surface area (Å²) in [7, 11) is 0. The van der Waals surface area contributed by atoms with Crippen LogP contribution in [-0.4, -0.2) is 20.7 Å². The second kappa shape index (κ2) is 5.02. The molecule has 0 N–H and O–H groups in total. The normalized spacial score (nSPS) is 13.3. The molecule has 0 atom stereocenters. The van der Waals surface area contributed by atoms with Crippen molar-refractivity contribution in [2.45, 2.75) is 47.1 Å². The minimum absolute atomic E-state index is 0.141. The quantitative estimate of drug-likeness (QED) is 0.703. The van der Waals surface area contributed by atoms with Gasteiger partial charge in [-0.2, -0.15) is 0 Å². The van der Waals surface area contributed by atoms with Crippen LogP contribution >= 0.6 is 0 Å². The molecular weight excluding hydrogens is 346 g/mol. The van der Waals surface area contributed by atoms with Crippen LogP contribution in [0.4, 0.5) is 0 Å². The Balaban J connectivity index is 5.17. The summed E-state index contributed by atoms with van der Waals surface area (Å²) in [4.78, 5) is 12.8. The van der Waals surface area contributed by atoms with E-state index in [9.17, 15) is 4.79 Å². The molecule has 0 aromatic carbocycles. The summed E-state index contributed by atoms with van der Waals surface area (Å²) >= 11 is 1.46. The van der Waals surface area contributed by atoms with Gasteiger partial charge >= 0.3 is 97.7 Å². The van der Waals surface area contributed by atoms with Crippen LogP contribution < -0.4 is 0 Å². The SMILES string of the molecule is C[C](=[W])/C(C)=C(/C)N(C=O)C(C)(C)C. The fraction of sp³-hybridized carbons (Fsp3) is 0.636. The molecule has 0 aromatic rings. The summed E-state index contributed by atoms with van der Waals surface area (Å²) in [5, 5.41) is 0. The third kappa shape index (κ3) is 3.49. The average Bonchev–Trinajstić information content (AvgIpc) is 2.01. The van der Waals surface area contributed by atoms with E-state index in [4.69, 9.17) is 0 Å². The van der Waals surface area contributed by atoms with Crippen LogP contribution in [0.25, 0.3) is 0 Å².